The highest BCUT2D eigenvalue weighted by atomic mass is 79.9. The first-order chi connectivity index (χ1) is 7.42. The summed E-state index contributed by atoms with van der Waals surface area (Å²) in [5.41, 5.74) is 0. The van der Waals surface area contributed by atoms with Crippen LogP contribution in [0.5, 0.6) is 0 Å². The molecule has 1 aromatic heterocycles. The minimum atomic E-state index is -1.02. The monoisotopic (exact) mass is 301 g/mol. The molecule has 0 N–H and O–H groups in total. The van der Waals surface area contributed by atoms with Crippen LogP contribution in [0.25, 0.3) is 4.85 Å². The van der Waals surface area contributed by atoms with E-state index in [2.05, 4.69) is 45.4 Å². The van der Waals surface area contributed by atoms with Crippen molar-refractivity contribution in [2.24, 2.45) is 0 Å². The van der Waals surface area contributed by atoms with Gasteiger partial charge >= 0.3 is 0 Å². The molecular formula is C10H16BrN3OSi. The molecule has 0 aliphatic rings. The number of imidazole rings is 1. The van der Waals surface area contributed by atoms with Gasteiger partial charge in [-0.15, -0.1) is 0 Å². The Kier molecular flexibility index (Phi) is 4.71. The second-order valence-electron chi connectivity index (χ2n) is 4.80. The van der Waals surface area contributed by atoms with E-state index < -0.39 is 8.07 Å². The first-order valence-electron chi connectivity index (χ1n) is 5.10. The molecular weight excluding hydrogens is 286 g/mol. The number of aromatic nitrogens is 2. The average molecular weight is 302 g/mol. The number of rotatable bonds is 5. The van der Waals surface area contributed by atoms with Crippen LogP contribution in [0.15, 0.2) is 10.9 Å². The standard InChI is InChI=1S/C10H16BrN3OSi/c1-12-9-7-14(10(11)13-9)8-15-5-6-16(2,3)4/h7H,5-6,8H2,2-4H3. The van der Waals surface area contributed by atoms with Crippen LogP contribution in [-0.2, 0) is 11.5 Å². The zero-order valence-electron chi connectivity index (χ0n) is 9.83. The van der Waals surface area contributed by atoms with Gasteiger partial charge in [-0.05, 0) is 6.04 Å². The van der Waals surface area contributed by atoms with Crippen molar-refractivity contribution in [3.05, 3.63) is 22.3 Å². The van der Waals surface area contributed by atoms with E-state index in [1.165, 1.54) is 0 Å². The van der Waals surface area contributed by atoms with E-state index in [4.69, 9.17) is 11.3 Å². The second-order valence-corrected chi connectivity index (χ2v) is 11.1. The van der Waals surface area contributed by atoms with Gasteiger partial charge in [-0.2, -0.15) is 0 Å². The highest BCUT2D eigenvalue weighted by molar-refractivity contribution is 9.10. The Morgan fingerprint density at radius 2 is 2.25 bits per heavy atom. The van der Waals surface area contributed by atoms with Crippen LogP contribution in [0.4, 0.5) is 5.82 Å². The molecule has 88 valence electrons. The van der Waals surface area contributed by atoms with Crippen LogP contribution in [0.3, 0.4) is 0 Å². The van der Waals surface area contributed by atoms with Gasteiger partial charge in [0.2, 0.25) is 0 Å². The molecule has 16 heavy (non-hydrogen) atoms. The zero-order chi connectivity index (χ0) is 12.2. The minimum absolute atomic E-state index is 0.390. The van der Waals surface area contributed by atoms with Gasteiger partial charge in [0, 0.05) is 36.8 Å². The summed E-state index contributed by atoms with van der Waals surface area (Å²) >= 11 is 3.29. The Labute approximate surface area is 106 Å². The lowest BCUT2D eigenvalue weighted by Gasteiger charge is -2.15. The number of ether oxygens (including phenoxy) is 1. The zero-order valence-corrected chi connectivity index (χ0v) is 12.4. The Hall–Kier alpha value is -0.643. The molecule has 0 atom stereocenters. The fourth-order valence-corrected chi connectivity index (χ4v) is 2.21. The Balaban J connectivity index is 2.38. The Bertz CT molecular complexity index is 392. The van der Waals surface area contributed by atoms with Crippen molar-refractivity contribution in [2.45, 2.75) is 32.4 Å². The van der Waals surface area contributed by atoms with Crippen LogP contribution >= 0.6 is 15.9 Å². The average Bonchev–Trinajstić information content (AvgIpc) is 2.53. The molecule has 0 saturated heterocycles. The molecule has 0 fully saturated rings. The summed E-state index contributed by atoms with van der Waals surface area (Å²) in [6.07, 6.45) is 1.69. The smallest absolute Gasteiger partial charge is 0.288 e. The fraction of sp³-hybridized carbons (Fsp3) is 0.600. The predicted molar refractivity (Wildman–Crippen MR) is 70.3 cm³/mol. The van der Waals surface area contributed by atoms with Gasteiger partial charge < -0.3 is 9.58 Å². The van der Waals surface area contributed by atoms with E-state index in [-0.39, 0.29) is 0 Å². The molecule has 1 heterocycles. The lowest BCUT2D eigenvalue weighted by molar-refractivity contribution is 0.0856. The van der Waals surface area contributed by atoms with Crippen LogP contribution in [0.1, 0.15) is 0 Å². The van der Waals surface area contributed by atoms with E-state index in [1.807, 2.05) is 0 Å². The summed E-state index contributed by atoms with van der Waals surface area (Å²) in [6, 6.07) is 1.15. The fourth-order valence-electron chi connectivity index (χ4n) is 1.07. The third-order valence-corrected chi connectivity index (χ3v) is 4.39. The maximum absolute atomic E-state index is 6.84. The molecule has 0 saturated carbocycles. The van der Waals surface area contributed by atoms with Crippen LogP contribution in [0.2, 0.25) is 25.7 Å². The number of nitrogens with zero attached hydrogens (tertiary/aromatic N) is 3. The second kappa shape index (κ2) is 5.62. The Morgan fingerprint density at radius 3 is 2.75 bits per heavy atom. The Morgan fingerprint density at radius 1 is 1.56 bits per heavy atom. The number of halogens is 1. The molecule has 0 aromatic carbocycles. The number of hydrogen-bond acceptors (Lipinski definition) is 2. The molecule has 0 spiro atoms. The minimum Gasteiger partial charge on any atom is -0.361 e. The molecule has 0 unspecified atom stereocenters. The van der Waals surface area contributed by atoms with E-state index >= 15 is 0 Å². The summed E-state index contributed by atoms with van der Waals surface area (Å²) in [5, 5.41) is 0. The molecule has 1 rings (SSSR count). The van der Waals surface area contributed by atoms with Crippen molar-refractivity contribution in [2.75, 3.05) is 6.61 Å². The van der Waals surface area contributed by atoms with Gasteiger partial charge in [0.15, 0.2) is 0 Å². The van der Waals surface area contributed by atoms with Crippen molar-refractivity contribution in [3.63, 3.8) is 0 Å². The summed E-state index contributed by atoms with van der Waals surface area (Å²) in [4.78, 5) is 7.27. The normalized spacial score (nSPS) is 11.4. The molecule has 0 amide bonds. The van der Waals surface area contributed by atoms with Crippen molar-refractivity contribution in [1.29, 1.82) is 0 Å². The first-order valence-corrected chi connectivity index (χ1v) is 9.60. The summed E-state index contributed by atoms with van der Waals surface area (Å²) in [5.74, 6) is 0.390. The third-order valence-electron chi connectivity index (χ3n) is 2.06. The van der Waals surface area contributed by atoms with E-state index in [9.17, 15) is 0 Å². The topological polar surface area (TPSA) is 31.4 Å². The third kappa shape index (κ3) is 4.47. The molecule has 4 nitrogen and oxygen atoms in total. The van der Waals surface area contributed by atoms with Gasteiger partial charge in [0.05, 0.1) is 0 Å². The summed E-state index contributed by atoms with van der Waals surface area (Å²) < 4.78 is 7.99. The van der Waals surface area contributed by atoms with Gasteiger partial charge in [-0.1, -0.05) is 31.2 Å². The first kappa shape index (κ1) is 13.4. The number of hydrogen-bond donors (Lipinski definition) is 0. The SMILES string of the molecule is [C-]#[N+]c1cn(COCC[Si](C)(C)C)c(Br)n1. The molecule has 0 bridgehead atoms. The van der Waals surface area contributed by atoms with Crippen molar-refractivity contribution in [1.82, 2.24) is 9.55 Å². The molecule has 1 aromatic rings. The van der Waals surface area contributed by atoms with Crippen molar-refractivity contribution in [3.8, 4) is 0 Å². The largest absolute Gasteiger partial charge is 0.361 e. The highest BCUT2D eigenvalue weighted by Gasteiger charge is 2.12. The van der Waals surface area contributed by atoms with Crippen molar-refractivity contribution < 1.29 is 4.74 Å². The van der Waals surface area contributed by atoms with Gasteiger partial charge in [-0.3, -0.25) is 4.57 Å². The van der Waals surface area contributed by atoms with Crippen LogP contribution < -0.4 is 0 Å². The van der Waals surface area contributed by atoms with Crippen LogP contribution in [-0.4, -0.2) is 24.2 Å². The van der Waals surface area contributed by atoms with Crippen molar-refractivity contribution >= 4 is 29.8 Å². The quantitative estimate of drug-likeness (QED) is 0.473. The molecule has 0 aliphatic heterocycles. The summed E-state index contributed by atoms with van der Waals surface area (Å²) in [6.45, 7) is 15.0. The maximum atomic E-state index is 6.84. The van der Waals surface area contributed by atoms with Crippen LogP contribution in [0, 0.1) is 6.57 Å². The van der Waals surface area contributed by atoms with E-state index in [0.717, 1.165) is 12.7 Å². The summed E-state index contributed by atoms with van der Waals surface area (Å²) in [7, 11) is -1.02. The van der Waals surface area contributed by atoms with E-state index in [0.29, 0.717) is 17.3 Å². The maximum Gasteiger partial charge on any atom is 0.288 e. The van der Waals surface area contributed by atoms with Gasteiger partial charge in [0.1, 0.15) is 6.73 Å². The lowest BCUT2D eigenvalue weighted by atomic mass is 10.8. The molecule has 6 heteroatoms. The molecule has 0 radical (unpaired) electrons. The van der Waals surface area contributed by atoms with Gasteiger partial charge in [-0.25, -0.2) is 0 Å². The van der Waals surface area contributed by atoms with Gasteiger partial charge in [0.25, 0.3) is 10.6 Å². The highest BCUT2D eigenvalue weighted by Crippen LogP contribution is 2.16. The lowest BCUT2D eigenvalue weighted by Crippen LogP contribution is -2.22. The van der Waals surface area contributed by atoms with E-state index in [1.54, 1.807) is 10.8 Å². The predicted octanol–water partition coefficient (Wildman–Crippen LogP) is 3.51. The molecule has 0 aliphatic carbocycles.